The number of halogens is 6. The van der Waals surface area contributed by atoms with Crippen molar-refractivity contribution in [3.63, 3.8) is 0 Å². The second-order valence-electron chi connectivity index (χ2n) is 3.36. The number of hydrogen-bond acceptors (Lipinski definition) is 1. The number of amides is 1. The topological polar surface area (TPSA) is 29.1 Å². The predicted octanol–water partition coefficient (Wildman–Crippen LogP) is 4.58. The smallest absolute Gasteiger partial charge is 0.272 e. The molecule has 1 atom stereocenters. The first-order valence-corrected chi connectivity index (χ1v) is 6.88. The van der Waals surface area contributed by atoms with E-state index < -0.39 is 19.5 Å². The third-order valence-corrected chi connectivity index (χ3v) is 3.16. The molecular weight excluding hydrogens is 363 g/mol. The maximum atomic E-state index is 11.6. The number of hydrogen-bond donors (Lipinski definition) is 1. The molecule has 1 aromatic carbocycles. The van der Waals surface area contributed by atoms with Crippen LogP contribution in [0, 0.1) is 0 Å². The zero-order chi connectivity index (χ0) is 14.0. The van der Waals surface area contributed by atoms with Crippen molar-refractivity contribution in [1.82, 2.24) is 5.32 Å². The van der Waals surface area contributed by atoms with Crippen molar-refractivity contribution < 1.29 is 4.79 Å². The summed E-state index contributed by atoms with van der Waals surface area (Å²) in [5.74, 6) is -0.868. The van der Waals surface area contributed by atoms with Crippen LogP contribution in [0.2, 0.25) is 0 Å². The minimum Gasteiger partial charge on any atom is -0.341 e. The molecule has 0 aromatic heterocycles. The van der Waals surface area contributed by atoms with Gasteiger partial charge in [0.05, 0.1) is 0 Å². The molecule has 0 saturated carbocycles. The van der Waals surface area contributed by atoms with E-state index in [1.807, 2.05) is 0 Å². The Morgan fingerprint density at radius 3 is 1.89 bits per heavy atom. The molecule has 8 heteroatoms. The summed E-state index contributed by atoms with van der Waals surface area (Å²) in [6, 6.07) is 7.71. The molecule has 0 radical (unpaired) electrons. The van der Waals surface area contributed by atoms with E-state index >= 15 is 0 Å². The van der Waals surface area contributed by atoms with Crippen LogP contribution in [-0.4, -0.2) is 13.5 Å². The third-order valence-electron chi connectivity index (χ3n) is 1.99. The fraction of sp³-hybridized carbons (Fsp3) is 0.300. The van der Waals surface area contributed by atoms with Gasteiger partial charge in [-0.2, -0.15) is 0 Å². The standard InChI is InChI=1S/C10H7Cl6NO/c11-9(12,13)7(6-4-2-1-3-5-6)17-8(18)10(14,15)16/h1-5,7H,(H,17,18). The van der Waals surface area contributed by atoms with E-state index in [2.05, 4.69) is 5.32 Å². The highest BCUT2D eigenvalue weighted by Crippen LogP contribution is 2.40. The van der Waals surface area contributed by atoms with Crippen molar-refractivity contribution in [2.45, 2.75) is 13.6 Å². The minimum absolute atomic E-state index is 0.583. The van der Waals surface area contributed by atoms with Crippen LogP contribution >= 0.6 is 69.6 Å². The predicted molar refractivity (Wildman–Crippen MR) is 77.9 cm³/mol. The van der Waals surface area contributed by atoms with Crippen molar-refractivity contribution >= 4 is 75.5 Å². The Morgan fingerprint density at radius 2 is 1.50 bits per heavy atom. The fourth-order valence-electron chi connectivity index (χ4n) is 1.21. The van der Waals surface area contributed by atoms with Crippen LogP contribution in [-0.2, 0) is 4.79 Å². The van der Waals surface area contributed by atoms with Crippen molar-refractivity contribution in [2.24, 2.45) is 0 Å². The summed E-state index contributed by atoms with van der Waals surface area (Å²) in [6.45, 7) is 0. The number of benzene rings is 1. The lowest BCUT2D eigenvalue weighted by Gasteiger charge is -2.27. The quantitative estimate of drug-likeness (QED) is 0.759. The van der Waals surface area contributed by atoms with Crippen molar-refractivity contribution in [2.75, 3.05) is 0 Å². The molecule has 100 valence electrons. The van der Waals surface area contributed by atoms with E-state index in [-0.39, 0.29) is 0 Å². The zero-order valence-electron chi connectivity index (χ0n) is 8.64. The SMILES string of the molecule is O=C(NC(c1ccccc1)C(Cl)(Cl)Cl)C(Cl)(Cl)Cl. The molecule has 1 rings (SSSR count). The second-order valence-corrected chi connectivity index (χ2v) is 8.01. The third kappa shape index (κ3) is 4.84. The molecule has 1 amide bonds. The molecule has 0 aliphatic heterocycles. The van der Waals surface area contributed by atoms with Crippen LogP contribution in [0.5, 0.6) is 0 Å². The van der Waals surface area contributed by atoms with E-state index in [0.29, 0.717) is 5.56 Å². The largest absolute Gasteiger partial charge is 0.341 e. The molecule has 0 heterocycles. The lowest BCUT2D eigenvalue weighted by molar-refractivity contribution is -0.120. The van der Waals surface area contributed by atoms with Crippen LogP contribution < -0.4 is 5.32 Å². The van der Waals surface area contributed by atoms with Gasteiger partial charge >= 0.3 is 0 Å². The number of rotatable bonds is 2. The summed E-state index contributed by atoms with van der Waals surface area (Å²) in [7, 11) is 0. The van der Waals surface area contributed by atoms with Crippen LogP contribution in [0.1, 0.15) is 11.6 Å². The van der Waals surface area contributed by atoms with E-state index in [0.717, 1.165) is 0 Å². The molecule has 0 saturated heterocycles. The average molecular weight is 370 g/mol. The van der Waals surface area contributed by atoms with Crippen LogP contribution in [0.3, 0.4) is 0 Å². The summed E-state index contributed by atoms with van der Waals surface area (Å²) in [5, 5.41) is 2.38. The van der Waals surface area contributed by atoms with Gasteiger partial charge in [0.1, 0.15) is 6.04 Å². The minimum atomic E-state index is -2.12. The lowest BCUT2D eigenvalue weighted by Crippen LogP contribution is -2.42. The number of carbonyl (C=O) groups excluding carboxylic acids is 1. The van der Waals surface area contributed by atoms with E-state index in [1.165, 1.54) is 0 Å². The summed E-state index contributed by atoms with van der Waals surface area (Å²) in [4.78, 5) is 11.6. The fourth-order valence-corrected chi connectivity index (χ4v) is 1.92. The summed E-state index contributed by atoms with van der Waals surface area (Å²) in [5.41, 5.74) is 0.583. The zero-order valence-corrected chi connectivity index (χ0v) is 13.2. The number of alkyl halides is 6. The Bertz CT molecular complexity index is 411. The molecule has 1 unspecified atom stereocenters. The van der Waals surface area contributed by atoms with Gasteiger partial charge < -0.3 is 5.32 Å². The van der Waals surface area contributed by atoms with Crippen LogP contribution in [0.4, 0.5) is 0 Å². The number of nitrogens with one attached hydrogen (secondary N) is 1. The van der Waals surface area contributed by atoms with Gasteiger partial charge in [-0.05, 0) is 5.56 Å². The Balaban J connectivity index is 2.99. The lowest BCUT2D eigenvalue weighted by atomic mass is 10.1. The molecule has 0 bridgehead atoms. The Labute approximate surface area is 134 Å². The average Bonchev–Trinajstić information content (AvgIpc) is 2.23. The van der Waals surface area contributed by atoms with E-state index in [4.69, 9.17) is 69.6 Å². The second kappa shape index (κ2) is 6.25. The van der Waals surface area contributed by atoms with Gasteiger partial charge in [-0.25, -0.2) is 0 Å². The van der Waals surface area contributed by atoms with Crippen molar-refractivity contribution in [3.8, 4) is 0 Å². The Hall–Kier alpha value is 0.430. The maximum absolute atomic E-state index is 11.6. The van der Waals surface area contributed by atoms with Crippen LogP contribution in [0.15, 0.2) is 30.3 Å². The summed E-state index contributed by atoms with van der Waals surface area (Å²) < 4.78 is -3.89. The molecule has 18 heavy (non-hydrogen) atoms. The first kappa shape index (κ1) is 16.5. The van der Waals surface area contributed by atoms with Gasteiger partial charge in [0.2, 0.25) is 3.79 Å². The molecule has 1 N–H and O–H groups in total. The van der Waals surface area contributed by atoms with Gasteiger partial charge in [0.25, 0.3) is 9.70 Å². The highest BCUT2D eigenvalue weighted by molar-refractivity contribution is 6.76. The van der Waals surface area contributed by atoms with Gasteiger partial charge in [0, 0.05) is 0 Å². The summed E-state index contributed by atoms with van der Waals surface area (Å²) >= 11 is 33.8. The summed E-state index contributed by atoms with van der Waals surface area (Å²) in [6.07, 6.45) is 0. The molecular formula is C10H7Cl6NO. The maximum Gasteiger partial charge on any atom is 0.272 e. The van der Waals surface area contributed by atoms with Gasteiger partial charge in [0.15, 0.2) is 0 Å². The molecule has 1 aromatic rings. The highest BCUT2D eigenvalue weighted by Gasteiger charge is 2.39. The van der Waals surface area contributed by atoms with Crippen LogP contribution in [0.25, 0.3) is 0 Å². The van der Waals surface area contributed by atoms with Crippen molar-refractivity contribution in [1.29, 1.82) is 0 Å². The van der Waals surface area contributed by atoms with E-state index in [9.17, 15) is 4.79 Å². The normalized spacial score (nSPS) is 14.1. The molecule has 2 nitrogen and oxygen atoms in total. The molecule has 0 aliphatic rings. The van der Waals surface area contributed by atoms with Gasteiger partial charge in [-0.3, -0.25) is 4.79 Å². The Morgan fingerprint density at radius 1 is 1.00 bits per heavy atom. The highest BCUT2D eigenvalue weighted by atomic mass is 35.6. The van der Waals surface area contributed by atoms with Crippen molar-refractivity contribution in [3.05, 3.63) is 35.9 Å². The molecule has 0 aliphatic carbocycles. The monoisotopic (exact) mass is 367 g/mol. The van der Waals surface area contributed by atoms with Gasteiger partial charge in [-0.1, -0.05) is 99.9 Å². The van der Waals surface area contributed by atoms with Gasteiger partial charge in [-0.15, -0.1) is 0 Å². The number of carbonyl (C=O) groups is 1. The first-order chi connectivity index (χ1) is 8.12. The Kier molecular flexibility index (Phi) is 5.73. The molecule has 0 fully saturated rings. The molecule has 0 spiro atoms. The van der Waals surface area contributed by atoms with E-state index in [1.54, 1.807) is 30.3 Å². The first-order valence-electron chi connectivity index (χ1n) is 4.61.